The zero-order chi connectivity index (χ0) is 18.2. The van der Waals surface area contributed by atoms with Crippen molar-refractivity contribution < 1.29 is 22.7 Å². The van der Waals surface area contributed by atoms with E-state index in [1.807, 2.05) is 13.0 Å². The third kappa shape index (κ3) is 7.17. The zero-order valence-corrected chi connectivity index (χ0v) is 13.8. The quantitative estimate of drug-likeness (QED) is 0.795. The van der Waals surface area contributed by atoms with Crippen LogP contribution in [0, 0.1) is 6.92 Å². The van der Waals surface area contributed by atoms with Gasteiger partial charge >= 0.3 is 6.36 Å². The van der Waals surface area contributed by atoms with Crippen LogP contribution in [-0.4, -0.2) is 12.3 Å². The van der Waals surface area contributed by atoms with Gasteiger partial charge in [0, 0.05) is 11.3 Å². The molecule has 1 N–H and O–H groups in total. The molecular weight excluding hydrogens is 319 g/mol. The minimum atomic E-state index is -4.74. The zero-order valence-electron chi connectivity index (χ0n) is 13.8. The molecule has 1 amide bonds. The molecule has 0 atom stereocenters. The molecule has 0 aliphatic rings. The number of hydrogen-bond donors (Lipinski definition) is 1. The molecule has 2 rings (SSSR count). The Morgan fingerprint density at radius 2 is 1.67 bits per heavy atom. The lowest BCUT2D eigenvalue weighted by Gasteiger charge is -2.09. The van der Waals surface area contributed by atoms with E-state index in [1.54, 1.807) is 18.2 Å². The number of ether oxygens (including phenoxy) is 1. The molecule has 0 spiro atoms. The minimum absolute atomic E-state index is 0.242. The number of carbonyl (C=O) groups is 1. The highest BCUT2D eigenvalue weighted by atomic mass is 19.4. The number of nitrogens with one attached hydrogen (secondary N) is 1. The Labute approximate surface area is 139 Å². The number of rotatable bonds is 3. The molecule has 3 nitrogen and oxygen atoms in total. The van der Waals surface area contributed by atoms with Crippen molar-refractivity contribution in [2.24, 2.45) is 0 Å². The third-order valence-corrected chi connectivity index (χ3v) is 2.63. The molecule has 130 valence electrons. The molecule has 0 unspecified atom stereocenters. The van der Waals surface area contributed by atoms with Gasteiger partial charge in [-0.25, -0.2) is 0 Å². The normalized spacial score (nSPS) is 10.4. The number of halogens is 3. The largest absolute Gasteiger partial charge is 0.573 e. The first-order chi connectivity index (χ1) is 11.2. The fourth-order valence-electron chi connectivity index (χ4n) is 1.73. The van der Waals surface area contributed by atoms with E-state index in [2.05, 4.69) is 23.9 Å². The maximum absolute atomic E-state index is 12.0. The van der Waals surface area contributed by atoms with Gasteiger partial charge in [-0.05, 0) is 48.9 Å². The number of alkyl halides is 3. The maximum Gasteiger partial charge on any atom is 0.573 e. The van der Waals surface area contributed by atoms with Gasteiger partial charge in [-0.3, -0.25) is 4.79 Å². The summed E-state index contributed by atoms with van der Waals surface area (Å²) in [7, 11) is 0. The number of carbonyl (C=O) groups excluding carboxylic acids is 1. The van der Waals surface area contributed by atoms with Crippen LogP contribution in [0.15, 0.2) is 48.5 Å². The number of hydrogen-bond acceptors (Lipinski definition) is 2. The summed E-state index contributed by atoms with van der Waals surface area (Å²) >= 11 is 0. The van der Waals surface area contributed by atoms with Gasteiger partial charge in [-0.15, -0.1) is 13.2 Å². The van der Waals surface area contributed by atoms with Gasteiger partial charge in [-0.2, -0.15) is 0 Å². The van der Waals surface area contributed by atoms with Crippen molar-refractivity contribution in [1.82, 2.24) is 0 Å². The highest BCUT2D eigenvalue weighted by Gasteiger charge is 2.31. The van der Waals surface area contributed by atoms with Gasteiger partial charge in [0.05, 0.1) is 0 Å². The van der Waals surface area contributed by atoms with Gasteiger partial charge in [0.2, 0.25) is 0 Å². The molecule has 0 fully saturated rings. The Balaban J connectivity index is 0.000000891. The summed E-state index contributed by atoms with van der Waals surface area (Å²) in [5, 5.41) is 2.66. The monoisotopic (exact) mass is 339 g/mol. The van der Waals surface area contributed by atoms with Crippen molar-refractivity contribution in [3.63, 3.8) is 0 Å². The minimum Gasteiger partial charge on any atom is -0.406 e. The summed E-state index contributed by atoms with van der Waals surface area (Å²) in [6.07, 6.45) is -3.49. The van der Waals surface area contributed by atoms with E-state index < -0.39 is 12.3 Å². The van der Waals surface area contributed by atoms with Crippen LogP contribution >= 0.6 is 0 Å². The highest BCUT2D eigenvalue weighted by molar-refractivity contribution is 6.04. The van der Waals surface area contributed by atoms with Crippen molar-refractivity contribution in [1.29, 1.82) is 0 Å². The van der Waals surface area contributed by atoms with E-state index in [0.717, 1.165) is 17.7 Å². The summed E-state index contributed by atoms with van der Waals surface area (Å²) in [5.41, 5.74) is 1.85. The standard InChI is InChI=1S/C15H12F3NO2.C3H8/c1-10-3-2-4-12(9-10)19-14(20)11-5-7-13(8-6-11)21-15(16,17)18;1-3-2/h2-9H,1H3,(H,19,20);3H2,1-2H3. The Hall–Kier alpha value is -2.50. The van der Waals surface area contributed by atoms with E-state index in [0.29, 0.717) is 5.69 Å². The lowest BCUT2D eigenvalue weighted by molar-refractivity contribution is -0.274. The average Bonchev–Trinajstić information content (AvgIpc) is 2.47. The summed E-state index contributed by atoms with van der Waals surface area (Å²) in [6.45, 7) is 6.14. The number of aryl methyl sites for hydroxylation is 1. The Bertz CT molecular complexity index is 652. The van der Waals surface area contributed by atoms with Crippen LogP contribution in [0.5, 0.6) is 5.75 Å². The predicted molar refractivity (Wildman–Crippen MR) is 88.2 cm³/mol. The lowest BCUT2D eigenvalue weighted by atomic mass is 10.2. The fraction of sp³-hybridized carbons (Fsp3) is 0.278. The summed E-state index contributed by atoms with van der Waals surface area (Å²) in [5.74, 6) is -0.770. The van der Waals surface area contributed by atoms with Crippen LogP contribution in [0.4, 0.5) is 18.9 Å². The SMILES string of the molecule is CCC.Cc1cccc(NC(=O)c2ccc(OC(F)(F)F)cc2)c1. The highest BCUT2D eigenvalue weighted by Crippen LogP contribution is 2.23. The average molecular weight is 339 g/mol. The Kier molecular flexibility index (Phi) is 7.30. The van der Waals surface area contributed by atoms with Crippen molar-refractivity contribution >= 4 is 11.6 Å². The van der Waals surface area contributed by atoms with Crippen molar-refractivity contribution in [2.75, 3.05) is 5.32 Å². The Morgan fingerprint density at radius 1 is 1.08 bits per heavy atom. The van der Waals surface area contributed by atoms with Gasteiger partial charge in [0.15, 0.2) is 0 Å². The molecule has 0 heterocycles. The topological polar surface area (TPSA) is 38.3 Å². The second-order valence-corrected chi connectivity index (χ2v) is 5.10. The van der Waals surface area contributed by atoms with Crippen LogP contribution in [-0.2, 0) is 0 Å². The van der Waals surface area contributed by atoms with Crippen LogP contribution in [0.3, 0.4) is 0 Å². The second-order valence-electron chi connectivity index (χ2n) is 5.10. The van der Waals surface area contributed by atoms with Gasteiger partial charge in [0.1, 0.15) is 5.75 Å². The molecule has 6 heteroatoms. The van der Waals surface area contributed by atoms with Gasteiger partial charge in [-0.1, -0.05) is 32.4 Å². The summed E-state index contributed by atoms with van der Waals surface area (Å²) in [6, 6.07) is 11.9. The molecule has 0 saturated carbocycles. The van der Waals surface area contributed by atoms with Crippen LogP contribution in [0.25, 0.3) is 0 Å². The van der Waals surface area contributed by atoms with Gasteiger partial charge < -0.3 is 10.1 Å². The molecule has 0 aliphatic heterocycles. The molecule has 24 heavy (non-hydrogen) atoms. The third-order valence-electron chi connectivity index (χ3n) is 2.63. The molecule has 2 aromatic carbocycles. The van der Waals surface area contributed by atoms with E-state index >= 15 is 0 Å². The van der Waals surface area contributed by atoms with E-state index in [4.69, 9.17) is 0 Å². The van der Waals surface area contributed by atoms with Crippen molar-refractivity contribution in [3.8, 4) is 5.75 Å². The maximum atomic E-state index is 12.0. The van der Waals surface area contributed by atoms with Crippen LogP contribution in [0.2, 0.25) is 0 Å². The van der Waals surface area contributed by atoms with Crippen molar-refractivity contribution in [3.05, 3.63) is 59.7 Å². The first-order valence-corrected chi connectivity index (χ1v) is 7.49. The molecular formula is C18H20F3NO2. The first-order valence-electron chi connectivity index (χ1n) is 7.49. The summed E-state index contributed by atoms with van der Waals surface area (Å²) in [4.78, 5) is 11.9. The molecule has 0 radical (unpaired) electrons. The van der Waals surface area contributed by atoms with E-state index in [9.17, 15) is 18.0 Å². The Morgan fingerprint density at radius 3 is 2.17 bits per heavy atom. The first kappa shape index (κ1) is 19.5. The summed E-state index contributed by atoms with van der Waals surface area (Å²) < 4.78 is 39.8. The molecule has 0 saturated heterocycles. The lowest BCUT2D eigenvalue weighted by Crippen LogP contribution is -2.17. The van der Waals surface area contributed by atoms with E-state index in [1.165, 1.54) is 18.6 Å². The van der Waals surface area contributed by atoms with E-state index in [-0.39, 0.29) is 11.3 Å². The fourth-order valence-corrected chi connectivity index (χ4v) is 1.73. The van der Waals surface area contributed by atoms with Crippen LogP contribution in [0.1, 0.15) is 36.2 Å². The molecule has 0 aliphatic carbocycles. The van der Waals surface area contributed by atoms with Gasteiger partial charge in [0.25, 0.3) is 5.91 Å². The number of amides is 1. The number of anilines is 1. The van der Waals surface area contributed by atoms with Crippen molar-refractivity contribution in [2.45, 2.75) is 33.6 Å². The predicted octanol–water partition coefficient (Wildman–Crippen LogP) is 5.56. The second kappa shape index (κ2) is 8.96. The molecule has 0 aromatic heterocycles. The molecule has 2 aromatic rings. The smallest absolute Gasteiger partial charge is 0.406 e. The number of benzene rings is 2. The molecule has 0 bridgehead atoms. The van der Waals surface area contributed by atoms with Crippen LogP contribution < -0.4 is 10.1 Å².